The summed E-state index contributed by atoms with van der Waals surface area (Å²) in [5.41, 5.74) is 1.11. The van der Waals surface area contributed by atoms with Gasteiger partial charge in [0.15, 0.2) is 11.5 Å². The van der Waals surface area contributed by atoms with Crippen LogP contribution in [0.15, 0.2) is 18.2 Å². The molecule has 0 aliphatic carbocycles. The lowest BCUT2D eigenvalue weighted by molar-refractivity contribution is -0.142. The van der Waals surface area contributed by atoms with Crippen LogP contribution in [0.2, 0.25) is 0 Å². The molecule has 0 saturated carbocycles. The zero-order chi connectivity index (χ0) is 14.7. The highest BCUT2D eigenvalue weighted by atomic mass is 32.2. The number of hydrogen-bond donors (Lipinski definition) is 1. The minimum Gasteiger partial charge on any atom is -0.490 e. The normalized spacial score (nSPS) is 25.0. The largest absolute Gasteiger partial charge is 0.490 e. The smallest absolute Gasteiger partial charge is 0.323 e. The van der Waals surface area contributed by atoms with Gasteiger partial charge in [-0.15, -0.1) is 0 Å². The molecule has 1 aromatic carbocycles. The van der Waals surface area contributed by atoms with Crippen LogP contribution >= 0.6 is 11.8 Å². The number of carbonyl (C=O) groups excluding carboxylic acids is 1. The highest BCUT2D eigenvalue weighted by molar-refractivity contribution is 7.99. The standard InChI is InChI=1S/C15H19NO4S/c1-18-15(17)12-9-21-8-11(16-12)10-3-4-13-14(7-10)20-6-2-5-19-13/h3-4,7,11-12,16H,2,5-6,8-9H2,1H3. The van der Waals surface area contributed by atoms with E-state index in [1.165, 1.54) is 7.11 Å². The second-order valence-electron chi connectivity index (χ2n) is 5.09. The Labute approximate surface area is 128 Å². The van der Waals surface area contributed by atoms with E-state index in [-0.39, 0.29) is 18.1 Å². The Balaban J connectivity index is 1.77. The van der Waals surface area contributed by atoms with Crippen LogP contribution in [0.4, 0.5) is 0 Å². The molecule has 21 heavy (non-hydrogen) atoms. The van der Waals surface area contributed by atoms with Crippen molar-refractivity contribution in [2.75, 3.05) is 31.8 Å². The quantitative estimate of drug-likeness (QED) is 0.840. The van der Waals surface area contributed by atoms with Gasteiger partial charge in [0.05, 0.1) is 20.3 Å². The van der Waals surface area contributed by atoms with E-state index in [2.05, 4.69) is 5.32 Å². The Morgan fingerprint density at radius 2 is 2.10 bits per heavy atom. The fraction of sp³-hybridized carbons (Fsp3) is 0.533. The van der Waals surface area contributed by atoms with E-state index >= 15 is 0 Å². The minimum absolute atomic E-state index is 0.116. The molecule has 2 aliphatic rings. The third kappa shape index (κ3) is 3.27. The average Bonchev–Trinajstić information content (AvgIpc) is 2.78. The van der Waals surface area contributed by atoms with E-state index in [0.717, 1.165) is 35.0 Å². The van der Waals surface area contributed by atoms with Crippen molar-refractivity contribution < 1.29 is 19.0 Å². The van der Waals surface area contributed by atoms with Crippen LogP contribution in [0.5, 0.6) is 11.5 Å². The Morgan fingerprint density at radius 3 is 2.90 bits per heavy atom. The molecule has 0 radical (unpaired) electrons. The molecule has 3 rings (SSSR count). The van der Waals surface area contributed by atoms with Crippen LogP contribution in [0.1, 0.15) is 18.0 Å². The molecule has 0 spiro atoms. The number of ether oxygens (including phenoxy) is 3. The Morgan fingerprint density at radius 1 is 1.29 bits per heavy atom. The van der Waals surface area contributed by atoms with E-state index < -0.39 is 0 Å². The highest BCUT2D eigenvalue weighted by Crippen LogP contribution is 2.34. The molecule has 2 heterocycles. The van der Waals surface area contributed by atoms with Gasteiger partial charge in [-0.05, 0) is 17.7 Å². The summed E-state index contributed by atoms with van der Waals surface area (Å²) in [6, 6.07) is 5.85. The van der Waals surface area contributed by atoms with Crippen molar-refractivity contribution in [1.82, 2.24) is 5.32 Å². The molecule has 0 aromatic heterocycles. The first-order valence-electron chi connectivity index (χ1n) is 7.09. The Hall–Kier alpha value is -1.40. The number of carbonyl (C=O) groups is 1. The molecule has 6 heteroatoms. The van der Waals surface area contributed by atoms with Gasteiger partial charge in [-0.25, -0.2) is 0 Å². The van der Waals surface area contributed by atoms with E-state index in [1.54, 1.807) is 11.8 Å². The number of esters is 1. The van der Waals surface area contributed by atoms with E-state index in [1.807, 2.05) is 18.2 Å². The van der Waals surface area contributed by atoms with Crippen LogP contribution in [0.25, 0.3) is 0 Å². The zero-order valence-corrected chi connectivity index (χ0v) is 12.8. The summed E-state index contributed by atoms with van der Waals surface area (Å²) in [5.74, 6) is 3.05. The molecule has 2 atom stereocenters. The monoisotopic (exact) mass is 309 g/mol. The lowest BCUT2D eigenvalue weighted by atomic mass is 10.1. The van der Waals surface area contributed by atoms with Gasteiger partial charge in [-0.1, -0.05) is 6.07 Å². The van der Waals surface area contributed by atoms with Crippen molar-refractivity contribution in [3.63, 3.8) is 0 Å². The fourth-order valence-corrected chi connectivity index (χ4v) is 3.64. The number of thioether (sulfide) groups is 1. The van der Waals surface area contributed by atoms with Crippen molar-refractivity contribution in [2.24, 2.45) is 0 Å². The number of benzene rings is 1. The fourth-order valence-electron chi connectivity index (χ4n) is 2.51. The molecule has 1 aromatic rings. The minimum atomic E-state index is -0.255. The molecule has 1 N–H and O–H groups in total. The van der Waals surface area contributed by atoms with E-state index in [9.17, 15) is 4.79 Å². The number of rotatable bonds is 2. The summed E-state index contributed by atoms with van der Waals surface area (Å²) in [5, 5.41) is 3.35. The molecule has 2 unspecified atom stereocenters. The van der Waals surface area contributed by atoms with Crippen molar-refractivity contribution in [3.8, 4) is 11.5 Å². The van der Waals surface area contributed by atoms with Gasteiger partial charge in [0.1, 0.15) is 6.04 Å². The average molecular weight is 309 g/mol. The summed E-state index contributed by atoms with van der Waals surface area (Å²) in [4.78, 5) is 11.7. The van der Waals surface area contributed by atoms with Crippen LogP contribution in [0.3, 0.4) is 0 Å². The Bertz CT molecular complexity index is 522. The third-order valence-corrected chi connectivity index (χ3v) is 4.77. The van der Waals surface area contributed by atoms with Crippen molar-refractivity contribution in [1.29, 1.82) is 0 Å². The first-order chi connectivity index (χ1) is 10.3. The third-order valence-electron chi connectivity index (χ3n) is 3.63. The van der Waals surface area contributed by atoms with Crippen LogP contribution in [-0.2, 0) is 9.53 Å². The summed E-state index contributed by atoms with van der Waals surface area (Å²) < 4.78 is 16.2. The maximum atomic E-state index is 11.7. The van der Waals surface area contributed by atoms with Crippen LogP contribution < -0.4 is 14.8 Å². The number of methoxy groups -OCH3 is 1. The zero-order valence-electron chi connectivity index (χ0n) is 12.0. The number of hydrogen-bond acceptors (Lipinski definition) is 6. The number of nitrogens with one attached hydrogen (secondary N) is 1. The summed E-state index contributed by atoms with van der Waals surface area (Å²) in [6.45, 7) is 1.36. The molecular formula is C15H19NO4S. The Kier molecular flexibility index (Phi) is 4.55. The molecule has 1 saturated heterocycles. The SMILES string of the molecule is COC(=O)C1CSCC(c2ccc3c(c2)OCCCO3)N1. The molecular weight excluding hydrogens is 290 g/mol. The second-order valence-corrected chi connectivity index (χ2v) is 6.16. The van der Waals surface area contributed by atoms with Gasteiger partial charge in [-0.3, -0.25) is 10.1 Å². The summed E-state index contributed by atoms with van der Waals surface area (Å²) in [6.07, 6.45) is 0.895. The molecule has 0 amide bonds. The molecule has 114 valence electrons. The first kappa shape index (κ1) is 14.5. The second kappa shape index (κ2) is 6.58. The van der Waals surface area contributed by atoms with Gasteiger partial charge in [0.2, 0.25) is 0 Å². The van der Waals surface area contributed by atoms with Gasteiger partial charge in [0, 0.05) is 24.0 Å². The van der Waals surface area contributed by atoms with Gasteiger partial charge < -0.3 is 14.2 Å². The van der Waals surface area contributed by atoms with E-state index in [0.29, 0.717) is 13.2 Å². The lowest BCUT2D eigenvalue weighted by Crippen LogP contribution is -2.45. The summed E-state index contributed by atoms with van der Waals surface area (Å²) >= 11 is 1.76. The van der Waals surface area contributed by atoms with Crippen LogP contribution in [-0.4, -0.2) is 43.8 Å². The van der Waals surface area contributed by atoms with E-state index in [4.69, 9.17) is 14.2 Å². The van der Waals surface area contributed by atoms with Gasteiger partial charge in [-0.2, -0.15) is 11.8 Å². The van der Waals surface area contributed by atoms with Crippen LogP contribution in [0, 0.1) is 0 Å². The van der Waals surface area contributed by atoms with Crippen molar-refractivity contribution in [2.45, 2.75) is 18.5 Å². The molecule has 0 bridgehead atoms. The maximum absolute atomic E-state index is 11.7. The summed E-state index contributed by atoms with van der Waals surface area (Å²) in [7, 11) is 1.42. The van der Waals surface area contributed by atoms with Gasteiger partial charge in [0.25, 0.3) is 0 Å². The first-order valence-corrected chi connectivity index (χ1v) is 8.24. The molecule has 1 fully saturated rings. The highest BCUT2D eigenvalue weighted by Gasteiger charge is 2.28. The molecule has 2 aliphatic heterocycles. The molecule has 5 nitrogen and oxygen atoms in total. The maximum Gasteiger partial charge on any atom is 0.323 e. The number of fused-ring (bicyclic) bond motifs is 1. The predicted octanol–water partition coefficient (Wildman–Crippen LogP) is 1.77. The lowest BCUT2D eigenvalue weighted by Gasteiger charge is -2.29. The predicted molar refractivity (Wildman–Crippen MR) is 81.1 cm³/mol. The van der Waals surface area contributed by atoms with Crippen molar-refractivity contribution >= 4 is 17.7 Å². The van der Waals surface area contributed by atoms with Gasteiger partial charge >= 0.3 is 5.97 Å². The topological polar surface area (TPSA) is 56.8 Å². The van der Waals surface area contributed by atoms with Crippen molar-refractivity contribution in [3.05, 3.63) is 23.8 Å².